The number of nitrogens with one attached hydrogen (secondary N) is 2. The van der Waals surface area contributed by atoms with Crippen molar-refractivity contribution in [3.05, 3.63) is 29.8 Å². The first-order chi connectivity index (χ1) is 8.45. The standard InChI is InChI=1S/C8H8F3N.C2H5NO.C2H6/c1-12-7-4-2-6(3-5-7)8(9,10)11;1-3-2-4;1-2/h2-5,12H,1H3;2H,1H3,(H,3,4);1-2H3. The van der Waals surface area contributed by atoms with E-state index < -0.39 is 11.7 Å². The minimum atomic E-state index is -4.24. The molecule has 6 heteroatoms. The third kappa shape index (κ3) is 8.43. The van der Waals surface area contributed by atoms with Gasteiger partial charge in [0, 0.05) is 19.8 Å². The molecule has 0 radical (unpaired) electrons. The van der Waals surface area contributed by atoms with E-state index in [0.29, 0.717) is 12.1 Å². The van der Waals surface area contributed by atoms with Crippen molar-refractivity contribution in [1.29, 1.82) is 0 Å². The molecule has 0 heterocycles. The van der Waals surface area contributed by atoms with Crippen LogP contribution in [-0.4, -0.2) is 20.5 Å². The number of rotatable bonds is 2. The average molecular weight is 264 g/mol. The first-order valence-electron chi connectivity index (χ1n) is 5.41. The van der Waals surface area contributed by atoms with Crippen molar-refractivity contribution in [3.63, 3.8) is 0 Å². The van der Waals surface area contributed by atoms with Crippen LogP contribution in [0.1, 0.15) is 19.4 Å². The Labute approximate surface area is 105 Å². The summed E-state index contributed by atoms with van der Waals surface area (Å²) in [6.07, 6.45) is -3.62. The molecule has 0 spiro atoms. The van der Waals surface area contributed by atoms with Crippen LogP contribution in [0.5, 0.6) is 0 Å². The highest BCUT2D eigenvalue weighted by Gasteiger charge is 2.29. The molecule has 0 aliphatic rings. The molecule has 0 fully saturated rings. The van der Waals surface area contributed by atoms with E-state index in [1.807, 2.05) is 13.8 Å². The molecule has 0 aromatic heterocycles. The number of halogens is 3. The van der Waals surface area contributed by atoms with Gasteiger partial charge in [-0.25, -0.2) is 0 Å². The SMILES string of the molecule is CC.CNC=O.CNc1ccc(C(F)(F)F)cc1. The average Bonchev–Trinajstić information content (AvgIpc) is 2.40. The molecule has 0 aliphatic carbocycles. The van der Waals surface area contributed by atoms with E-state index in [1.54, 1.807) is 14.1 Å². The fourth-order valence-corrected chi connectivity index (χ4v) is 0.826. The maximum absolute atomic E-state index is 12.0. The van der Waals surface area contributed by atoms with Crippen LogP contribution in [0, 0.1) is 0 Å². The van der Waals surface area contributed by atoms with Crippen molar-refractivity contribution < 1.29 is 18.0 Å². The van der Waals surface area contributed by atoms with Gasteiger partial charge in [0.1, 0.15) is 0 Å². The van der Waals surface area contributed by atoms with E-state index in [-0.39, 0.29) is 0 Å². The fourth-order valence-electron chi connectivity index (χ4n) is 0.826. The van der Waals surface area contributed by atoms with Gasteiger partial charge in [-0.1, -0.05) is 13.8 Å². The predicted octanol–water partition coefficient (Wildman–Crippen LogP) is 3.14. The number of alkyl halides is 3. The van der Waals surface area contributed by atoms with E-state index in [2.05, 4.69) is 10.6 Å². The number of hydrogen-bond donors (Lipinski definition) is 2. The zero-order valence-corrected chi connectivity index (χ0v) is 10.9. The normalized spacial score (nSPS) is 9.06. The van der Waals surface area contributed by atoms with Crippen molar-refractivity contribution in [1.82, 2.24) is 5.32 Å². The molecule has 0 saturated heterocycles. The monoisotopic (exact) mass is 264 g/mol. The van der Waals surface area contributed by atoms with Crippen molar-refractivity contribution in [3.8, 4) is 0 Å². The van der Waals surface area contributed by atoms with Gasteiger partial charge in [-0.05, 0) is 24.3 Å². The van der Waals surface area contributed by atoms with E-state index in [4.69, 9.17) is 4.79 Å². The Hall–Kier alpha value is -1.72. The molecule has 1 rings (SSSR count). The van der Waals surface area contributed by atoms with Gasteiger partial charge >= 0.3 is 6.18 Å². The lowest BCUT2D eigenvalue weighted by Gasteiger charge is -2.06. The summed E-state index contributed by atoms with van der Waals surface area (Å²) in [4.78, 5) is 9.06. The highest BCUT2D eigenvalue weighted by atomic mass is 19.4. The zero-order chi connectivity index (χ0) is 14.6. The Balaban J connectivity index is 0. The van der Waals surface area contributed by atoms with Crippen molar-refractivity contribution in [2.24, 2.45) is 0 Å². The largest absolute Gasteiger partial charge is 0.416 e. The maximum Gasteiger partial charge on any atom is 0.416 e. The van der Waals surface area contributed by atoms with E-state index in [9.17, 15) is 13.2 Å². The van der Waals surface area contributed by atoms with Gasteiger partial charge in [-0.2, -0.15) is 13.2 Å². The summed E-state index contributed by atoms with van der Waals surface area (Å²) in [6.45, 7) is 4.00. The number of benzene rings is 1. The van der Waals surface area contributed by atoms with Crippen LogP contribution in [0.4, 0.5) is 18.9 Å². The summed E-state index contributed by atoms with van der Waals surface area (Å²) < 4.78 is 36.0. The quantitative estimate of drug-likeness (QED) is 0.806. The summed E-state index contributed by atoms with van der Waals surface area (Å²) in [5.41, 5.74) is 0.0458. The smallest absolute Gasteiger partial charge is 0.388 e. The van der Waals surface area contributed by atoms with Crippen LogP contribution in [0.2, 0.25) is 0 Å². The van der Waals surface area contributed by atoms with Crippen LogP contribution in [0.3, 0.4) is 0 Å². The highest BCUT2D eigenvalue weighted by Crippen LogP contribution is 2.29. The summed E-state index contributed by atoms with van der Waals surface area (Å²) in [5, 5.41) is 4.99. The molecule has 1 aromatic rings. The highest BCUT2D eigenvalue weighted by molar-refractivity contribution is 5.45. The topological polar surface area (TPSA) is 41.1 Å². The van der Waals surface area contributed by atoms with Crippen LogP contribution in [0.15, 0.2) is 24.3 Å². The third-order valence-electron chi connectivity index (χ3n) is 1.62. The molecule has 1 amide bonds. The molecule has 0 aliphatic heterocycles. The summed E-state index contributed by atoms with van der Waals surface area (Å²) in [5.74, 6) is 0. The Morgan fingerprint density at radius 1 is 1.06 bits per heavy atom. The minimum absolute atomic E-state index is 0.624. The second kappa shape index (κ2) is 10.4. The molecule has 104 valence electrons. The number of carbonyl (C=O) groups excluding carboxylic acids is 1. The molecular formula is C12H19F3N2O. The Morgan fingerprint density at radius 2 is 1.44 bits per heavy atom. The fraction of sp³-hybridized carbons (Fsp3) is 0.417. The van der Waals surface area contributed by atoms with Gasteiger partial charge in [0.15, 0.2) is 0 Å². The molecule has 1 aromatic carbocycles. The minimum Gasteiger partial charge on any atom is -0.388 e. The Morgan fingerprint density at radius 3 is 1.67 bits per heavy atom. The lowest BCUT2D eigenvalue weighted by molar-refractivity contribution is -0.137. The van der Waals surface area contributed by atoms with Crippen LogP contribution in [-0.2, 0) is 11.0 Å². The summed E-state index contributed by atoms with van der Waals surface area (Å²) in [6, 6.07) is 4.88. The molecule has 18 heavy (non-hydrogen) atoms. The van der Waals surface area contributed by atoms with Crippen molar-refractivity contribution >= 4 is 12.1 Å². The zero-order valence-electron chi connectivity index (χ0n) is 10.9. The van der Waals surface area contributed by atoms with Crippen LogP contribution >= 0.6 is 0 Å². The summed E-state index contributed by atoms with van der Waals surface area (Å²) in [7, 11) is 3.22. The van der Waals surface area contributed by atoms with Crippen LogP contribution in [0.25, 0.3) is 0 Å². The molecule has 0 unspecified atom stereocenters. The van der Waals surface area contributed by atoms with Gasteiger partial charge in [0.05, 0.1) is 5.56 Å². The second-order valence-electron chi connectivity index (χ2n) is 2.73. The van der Waals surface area contributed by atoms with E-state index in [0.717, 1.165) is 12.1 Å². The molecule has 0 atom stereocenters. The number of carbonyl (C=O) groups is 1. The lowest BCUT2D eigenvalue weighted by Crippen LogP contribution is -2.04. The summed E-state index contributed by atoms with van der Waals surface area (Å²) >= 11 is 0. The Bertz CT molecular complexity index is 310. The maximum atomic E-state index is 12.0. The van der Waals surface area contributed by atoms with E-state index in [1.165, 1.54) is 12.1 Å². The molecule has 3 nitrogen and oxygen atoms in total. The first-order valence-corrected chi connectivity index (χ1v) is 5.41. The van der Waals surface area contributed by atoms with Gasteiger partial charge in [-0.15, -0.1) is 0 Å². The molecule has 0 saturated carbocycles. The number of hydrogen-bond acceptors (Lipinski definition) is 2. The first kappa shape index (κ1) is 18.6. The third-order valence-corrected chi connectivity index (χ3v) is 1.62. The Kier molecular flexibility index (Phi) is 10.8. The van der Waals surface area contributed by atoms with E-state index >= 15 is 0 Å². The van der Waals surface area contributed by atoms with Gasteiger partial charge < -0.3 is 10.6 Å². The van der Waals surface area contributed by atoms with Gasteiger partial charge in [0.2, 0.25) is 6.41 Å². The van der Waals surface area contributed by atoms with Gasteiger partial charge in [-0.3, -0.25) is 4.79 Å². The molecular weight excluding hydrogens is 245 g/mol. The predicted molar refractivity (Wildman–Crippen MR) is 67.5 cm³/mol. The molecule has 2 N–H and O–H groups in total. The van der Waals surface area contributed by atoms with Crippen molar-refractivity contribution in [2.75, 3.05) is 19.4 Å². The lowest BCUT2D eigenvalue weighted by atomic mass is 10.2. The number of anilines is 1. The van der Waals surface area contributed by atoms with Crippen LogP contribution < -0.4 is 10.6 Å². The second-order valence-corrected chi connectivity index (χ2v) is 2.73. The number of amides is 1. The van der Waals surface area contributed by atoms with Crippen molar-refractivity contribution in [2.45, 2.75) is 20.0 Å². The molecule has 0 bridgehead atoms. The van der Waals surface area contributed by atoms with Gasteiger partial charge in [0.25, 0.3) is 0 Å².